The van der Waals surface area contributed by atoms with Crippen LogP contribution >= 0.6 is 11.6 Å². The Hall–Kier alpha value is -0.810. The van der Waals surface area contributed by atoms with Gasteiger partial charge in [0.1, 0.15) is 12.6 Å². The van der Waals surface area contributed by atoms with Crippen LogP contribution in [-0.2, 0) is 14.3 Å². The average molecular weight is 210 g/mol. The van der Waals surface area contributed by atoms with Gasteiger partial charge in [-0.2, -0.15) is 0 Å². The first kappa shape index (κ1) is 12.2. The van der Waals surface area contributed by atoms with Gasteiger partial charge < -0.3 is 15.6 Å². The summed E-state index contributed by atoms with van der Waals surface area (Å²) in [6.45, 7) is 0.0984. The molecule has 0 aromatic rings. The molecule has 0 fully saturated rings. The number of carboxylic acids is 1. The highest BCUT2D eigenvalue weighted by atomic mass is 35.5. The Bertz CT molecular complexity index is 185. The van der Waals surface area contributed by atoms with E-state index < -0.39 is 18.0 Å². The Labute approximate surface area is 80.8 Å². The molecular weight excluding hydrogens is 198 g/mol. The van der Waals surface area contributed by atoms with Gasteiger partial charge in [0, 0.05) is 6.42 Å². The Kier molecular flexibility index (Phi) is 6.26. The van der Waals surface area contributed by atoms with Gasteiger partial charge in [0.2, 0.25) is 0 Å². The molecule has 0 heterocycles. The van der Waals surface area contributed by atoms with Gasteiger partial charge in [0.25, 0.3) is 0 Å². The van der Waals surface area contributed by atoms with E-state index in [-0.39, 0.29) is 25.3 Å². The van der Waals surface area contributed by atoms with Crippen molar-refractivity contribution in [1.82, 2.24) is 0 Å². The van der Waals surface area contributed by atoms with E-state index in [2.05, 4.69) is 4.74 Å². The Morgan fingerprint density at radius 1 is 1.54 bits per heavy atom. The second kappa shape index (κ2) is 6.68. The molecule has 0 spiro atoms. The molecule has 76 valence electrons. The third-order valence-electron chi connectivity index (χ3n) is 1.29. The minimum absolute atomic E-state index is 0.0798. The third-order valence-corrected chi connectivity index (χ3v) is 1.45. The summed E-state index contributed by atoms with van der Waals surface area (Å²) in [5, 5.41) is 8.29. The standard InChI is InChI=1S/C7H12ClNO4/c8-3-4-13-7(12)5(9)1-2-6(10)11/h5H,1-4,9H2,(H,10,11)/t5-/m0/s1. The van der Waals surface area contributed by atoms with Crippen molar-refractivity contribution >= 4 is 23.5 Å². The highest BCUT2D eigenvalue weighted by molar-refractivity contribution is 6.18. The largest absolute Gasteiger partial charge is 0.481 e. The summed E-state index contributed by atoms with van der Waals surface area (Å²) in [7, 11) is 0. The fraction of sp³-hybridized carbons (Fsp3) is 0.714. The average Bonchev–Trinajstić information content (AvgIpc) is 2.10. The Morgan fingerprint density at radius 2 is 2.15 bits per heavy atom. The topological polar surface area (TPSA) is 89.6 Å². The molecule has 0 amide bonds. The number of rotatable bonds is 6. The minimum Gasteiger partial charge on any atom is -0.481 e. The van der Waals surface area contributed by atoms with E-state index in [1.165, 1.54) is 0 Å². The number of alkyl halides is 1. The van der Waals surface area contributed by atoms with Crippen LogP contribution in [0.25, 0.3) is 0 Å². The highest BCUT2D eigenvalue weighted by Crippen LogP contribution is 1.97. The van der Waals surface area contributed by atoms with E-state index in [1.54, 1.807) is 0 Å². The van der Waals surface area contributed by atoms with Crippen molar-refractivity contribution < 1.29 is 19.4 Å². The van der Waals surface area contributed by atoms with Crippen LogP contribution in [0.3, 0.4) is 0 Å². The molecular formula is C7H12ClNO4. The Balaban J connectivity index is 3.62. The second-order valence-electron chi connectivity index (χ2n) is 2.40. The molecule has 0 aromatic carbocycles. The van der Waals surface area contributed by atoms with Crippen LogP contribution in [0, 0.1) is 0 Å². The van der Waals surface area contributed by atoms with Crippen molar-refractivity contribution in [3.63, 3.8) is 0 Å². The van der Waals surface area contributed by atoms with Crippen molar-refractivity contribution in [2.45, 2.75) is 18.9 Å². The van der Waals surface area contributed by atoms with Crippen molar-refractivity contribution in [1.29, 1.82) is 0 Å². The first-order valence-electron chi connectivity index (χ1n) is 3.78. The fourth-order valence-electron chi connectivity index (χ4n) is 0.643. The third kappa shape index (κ3) is 6.36. The molecule has 0 aliphatic heterocycles. The van der Waals surface area contributed by atoms with E-state index >= 15 is 0 Å². The van der Waals surface area contributed by atoms with E-state index in [9.17, 15) is 9.59 Å². The van der Waals surface area contributed by atoms with Crippen LogP contribution in [0.2, 0.25) is 0 Å². The number of nitrogens with two attached hydrogens (primary N) is 1. The lowest BCUT2D eigenvalue weighted by atomic mass is 10.2. The molecule has 0 saturated carbocycles. The van der Waals surface area contributed by atoms with Gasteiger partial charge in [0.05, 0.1) is 5.88 Å². The number of hydrogen-bond donors (Lipinski definition) is 2. The zero-order valence-electron chi connectivity index (χ0n) is 7.03. The van der Waals surface area contributed by atoms with Crippen molar-refractivity contribution in [3.05, 3.63) is 0 Å². The van der Waals surface area contributed by atoms with E-state index in [0.717, 1.165) is 0 Å². The lowest BCUT2D eigenvalue weighted by Crippen LogP contribution is -2.33. The molecule has 0 rings (SSSR count). The van der Waals surface area contributed by atoms with Gasteiger partial charge in [-0.1, -0.05) is 0 Å². The summed E-state index contributed by atoms with van der Waals surface area (Å²) in [5.74, 6) is -1.39. The second-order valence-corrected chi connectivity index (χ2v) is 2.77. The summed E-state index contributed by atoms with van der Waals surface area (Å²) < 4.78 is 4.60. The molecule has 0 radical (unpaired) electrons. The molecule has 3 N–H and O–H groups in total. The van der Waals surface area contributed by atoms with Gasteiger partial charge in [-0.3, -0.25) is 9.59 Å². The lowest BCUT2D eigenvalue weighted by molar-refractivity contribution is -0.145. The summed E-state index contributed by atoms with van der Waals surface area (Å²) in [4.78, 5) is 21.0. The molecule has 0 saturated heterocycles. The highest BCUT2D eigenvalue weighted by Gasteiger charge is 2.15. The maximum atomic E-state index is 10.9. The van der Waals surface area contributed by atoms with Crippen molar-refractivity contribution in [2.75, 3.05) is 12.5 Å². The first-order chi connectivity index (χ1) is 6.07. The van der Waals surface area contributed by atoms with Crippen LogP contribution in [0.15, 0.2) is 0 Å². The number of halogens is 1. The molecule has 0 aliphatic carbocycles. The van der Waals surface area contributed by atoms with Crippen LogP contribution in [0.1, 0.15) is 12.8 Å². The number of carbonyl (C=O) groups excluding carboxylic acids is 1. The summed E-state index contributed by atoms with van der Waals surface area (Å²) >= 11 is 5.27. The summed E-state index contributed by atoms with van der Waals surface area (Å²) in [6, 6.07) is -0.876. The van der Waals surface area contributed by atoms with Crippen LogP contribution in [0.4, 0.5) is 0 Å². The maximum Gasteiger partial charge on any atom is 0.322 e. The number of carboxylic acid groups (broad SMARTS) is 1. The number of hydrogen-bond acceptors (Lipinski definition) is 4. The fourth-order valence-corrected chi connectivity index (χ4v) is 0.720. The molecule has 6 heteroatoms. The predicted molar refractivity (Wildman–Crippen MR) is 46.5 cm³/mol. The number of esters is 1. The van der Waals surface area contributed by atoms with Gasteiger partial charge in [-0.25, -0.2) is 0 Å². The van der Waals surface area contributed by atoms with E-state index in [0.29, 0.717) is 0 Å². The van der Waals surface area contributed by atoms with Crippen LogP contribution in [0.5, 0.6) is 0 Å². The summed E-state index contributed by atoms with van der Waals surface area (Å²) in [6.07, 6.45) is -0.0619. The molecule has 0 aliphatic rings. The smallest absolute Gasteiger partial charge is 0.322 e. The Morgan fingerprint density at radius 3 is 2.62 bits per heavy atom. The normalized spacial score (nSPS) is 12.2. The molecule has 0 aromatic heterocycles. The maximum absolute atomic E-state index is 10.9. The number of ether oxygens (including phenoxy) is 1. The van der Waals surface area contributed by atoms with Gasteiger partial charge in [0.15, 0.2) is 0 Å². The minimum atomic E-state index is -0.986. The SMILES string of the molecule is N[C@@H](CCC(=O)O)C(=O)OCCCl. The monoisotopic (exact) mass is 209 g/mol. The van der Waals surface area contributed by atoms with Gasteiger partial charge >= 0.3 is 11.9 Å². The van der Waals surface area contributed by atoms with Crippen LogP contribution < -0.4 is 5.73 Å². The van der Waals surface area contributed by atoms with E-state index in [4.69, 9.17) is 22.4 Å². The lowest BCUT2D eigenvalue weighted by Gasteiger charge is -2.08. The predicted octanol–water partition coefficient (Wildman–Crippen LogP) is -0.0395. The quantitative estimate of drug-likeness (QED) is 0.473. The molecule has 0 bridgehead atoms. The zero-order chi connectivity index (χ0) is 10.3. The van der Waals surface area contributed by atoms with Crippen LogP contribution in [-0.4, -0.2) is 35.6 Å². The van der Waals surface area contributed by atoms with E-state index in [1.807, 2.05) is 0 Å². The summed E-state index contributed by atoms with van der Waals surface area (Å²) in [5.41, 5.74) is 5.33. The zero-order valence-corrected chi connectivity index (χ0v) is 7.79. The van der Waals surface area contributed by atoms with Gasteiger partial charge in [-0.05, 0) is 6.42 Å². The van der Waals surface area contributed by atoms with Gasteiger partial charge in [-0.15, -0.1) is 11.6 Å². The first-order valence-corrected chi connectivity index (χ1v) is 4.31. The molecule has 13 heavy (non-hydrogen) atoms. The van der Waals surface area contributed by atoms with Crippen molar-refractivity contribution in [3.8, 4) is 0 Å². The number of carbonyl (C=O) groups is 2. The number of aliphatic carboxylic acids is 1. The molecule has 0 unspecified atom stereocenters. The van der Waals surface area contributed by atoms with Crippen molar-refractivity contribution in [2.24, 2.45) is 5.73 Å². The molecule has 5 nitrogen and oxygen atoms in total. The molecule has 1 atom stereocenters.